The second-order valence-corrected chi connectivity index (χ2v) is 36.0. The van der Waals surface area contributed by atoms with Gasteiger partial charge in [-0.15, -0.1) is 0 Å². The van der Waals surface area contributed by atoms with Crippen LogP contribution in [0.5, 0.6) is 0 Å². The first kappa shape index (κ1) is 85.6. The Hall–Kier alpha value is -0.420. The van der Waals surface area contributed by atoms with Crippen LogP contribution in [0, 0.1) is 138 Å². The highest BCUT2D eigenvalue weighted by Gasteiger charge is 2.48. The van der Waals surface area contributed by atoms with Crippen LogP contribution in [-0.4, -0.2) is 58.1 Å². The van der Waals surface area contributed by atoms with Crippen LogP contribution in [0.3, 0.4) is 0 Å². The van der Waals surface area contributed by atoms with Crippen LogP contribution >= 0.6 is 0 Å². The summed E-state index contributed by atoms with van der Waals surface area (Å²) in [6, 6.07) is 0. The molecule has 3 saturated heterocycles. The van der Waals surface area contributed by atoms with Gasteiger partial charge in [-0.3, -0.25) is 0 Å². The number of allylic oxidation sites excluding steroid dienone is 2. The van der Waals surface area contributed by atoms with E-state index in [1.54, 1.807) is 0 Å². The fraction of sp³-hybridized carbons (Fsp3) is 0.976. The third-order valence-corrected chi connectivity index (χ3v) is 27.8. The molecule has 7 rings (SSSR count). The van der Waals surface area contributed by atoms with Gasteiger partial charge in [0.1, 0.15) is 6.79 Å². The summed E-state index contributed by atoms with van der Waals surface area (Å²) >= 11 is 0. The summed E-state index contributed by atoms with van der Waals surface area (Å²) in [6.45, 7) is 86.9. The van der Waals surface area contributed by atoms with E-state index in [-0.39, 0.29) is 5.41 Å². The van der Waals surface area contributed by atoms with Crippen LogP contribution in [0.25, 0.3) is 0 Å². The number of hydrogen-bond acceptors (Lipinski definition) is 4. The van der Waals surface area contributed by atoms with Crippen molar-refractivity contribution in [3.05, 3.63) is 12.2 Å². The van der Waals surface area contributed by atoms with E-state index in [1.165, 1.54) is 116 Å². The van der Waals surface area contributed by atoms with Gasteiger partial charge in [0.05, 0.1) is 13.2 Å². The van der Waals surface area contributed by atoms with Gasteiger partial charge in [0.15, 0.2) is 0 Å². The number of rotatable bonds is 16. The first-order chi connectivity index (χ1) is 39.4. The maximum atomic E-state index is 5.39. The molecule has 0 amide bonds. The third-order valence-electron chi connectivity index (χ3n) is 27.8. The molecule has 0 aromatic rings. The molecule has 7 aliphatic rings. The van der Waals surface area contributed by atoms with E-state index in [0.29, 0.717) is 45.7 Å². The standard InChI is InChI=1S/2C11H23N.C11H22.C11H20.C10H20O2.C10H20.C9H18.C9H20/c1-9(2)11(10(3)4)6-7-12(5)8-11;1-9(2)11(10(3)4)6-5-7-12-8-11;2*1-9(2)11(10(3)4)7-5-6-8-11;1-8(2)10(9(3)4)5-11-7-12-6-10;1-8(2)10(9(3)4)6-5-7-10;1-7(2)9(5-6-9)8(3)4;1-7(2)9(5,6)8(3)4/h9-10H,6-8H2,1-5H3;9-10,12H,5-8H2,1-4H3;9-10H,5-8H2,1-4H3;5-6,9-10H,7-8H2,1-4H3;8-9H,5-7H2,1-4H3;8-9H,5-7H2,1-4H3;7-8H,5-6H2,1-4H3;7-8H,1-6H3. The highest BCUT2D eigenvalue weighted by Crippen LogP contribution is 2.57. The Labute approximate surface area is 545 Å². The molecule has 3 aliphatic heterocycles. The Morgan fingerprint density at radius 3 is 0.767 bits per heavy atom. The van der Waals surface area contributed by atoms with Crippen molar-refractivity contribution in [1.29, 1.82) is 0 Å². The van der Waals surface area contributed by atoms with Gasteiger partial charge < -0.3 is 19.7 Å². The summed E-state index contributed by atoms with van der Waals surface area (Å²) in [5, 5.41) is 3.54. The van der Waals surface area contributed by atoms with E-state index >= 15 is 0 Å². The fourth-order valence-electron chi connectivity index (χ4n) is 17.4. The molecule has 3 saturated carbocycles. The lowest BCUT2D eigenvalue weighted by molar-refractivity contribution is -0.192. The van der Waals surface area contributed by atoms with Crippen LogP contribution in [0.15, 0.2) is 12.2 Å². The molecule has 6 fully saturated rings. The Bertz CT molecular complexity index is 1560. The Morgan fingerprint density at radius 1 is 0.337 bits per heavy atom. The Balaban J connectivity index is 0.000000962. The minimum atomic E-state index is 0.234. The number of nitrogens with zero attached hydrogens (tertiary/aromatic N) is 1. The zero-order valence-corrected chi connectivity index (χ0v) is 66.0. The average Bonchev–Trinajstić information content (AvgIpc) is 3.68. The van der Waals surface area contributed by atoms with E-state index in [2.05, 4.69) is 265 Å². The van der Waals surface area contributed by atoms with Crippen molar-refractivity contribution in [2.24, 2.45) is 138 Å². The van der Waals surface area contributed by atoms with Crippen molar-refractivity contribution in [2.75, 3.05) is 53.2 Å². The molecule has 0 aromatic heterocycles. The molecule has 86 heavy (non-hydrogen) atoms. The summed E-state index contributed by atoms with van der Waals surface area (Å²) < 4.78 is 10.8. The molecule has 4 aliphatic carbocycles. The van der Waals surface area contributed by atoms with Crippen LogP contribution < -0.4 is 5.32 Å². The molecule has 4 heteroatoms. The molecular formula is C82H166N2O2. The highest BCUT2D eigenvalue weighted by atomic mass is 16.7. The lowest BCUT2D eigenvalue weighted by Gasteiger charge is -2.49. The van der Waals surface area contributed by atoms with E-state index in [0.717, 1.165) is 107 Å². The normalized spacial score (nSPS) is 22.3. The Kier molecular flexibility index (Phi) is 37.9. The maximum absolute atomic E-state index is 5.39. The quantitative estimate of drug-likeness (QED) is 0.156. The molecular weight excluding hydrogens is 1040 g/mol. The van der Waals surface area contributed by atoms with Gasteiger partial charge in [-0.25, -0.2) is 0 Å². The lowest BCUT2D eigenvalue weighted by Crippen LogP contribution is -2.46. The topological polar surface area (TPSA) is 33.7 Å². The number of ether oxygens (including phenoxy) is 2. The summed E-state index contributed by atoms with van der Waals surface area (Å²) in [6.07, 6.45) is 24.7. The predicted octanol–water partition coefficient (Wildman–Crippen LogP) is 24.9. The smallest absolute Gasteiger partial charge is 0.146 e. The first-order valence-corrected chi connectivity index (χ1v) is 37.6. The van der Waals surface area contributed by atoms with Crippen LogP contribution in [-0.2, 0) is 9.47 Å². The van der Waals surface area contributed by atoms with E-state index in [9.17, 15) is 0 Å². The zero-order valence-electron chi connectivity index (χ0n) is 66.0. The fourth-order valence-corrected chi connectivity index (χ4v) is 17.4. The zero-order chi connectivity index (χ0) is 67.2. The largest absolute Gasteiger partial charge is 0.355 e. The number of likely N-dealkylation sites (tertiary alicyclic amines) is 1. The van der Waals surface area contributed by atoms with Gasteiger partial charge in [0, 0.05) is 18.5 Å². The minimum absolute atomic E-state index is 0.234. The second-order valence-electron chi connectivity index (χ2n) is 36.0. The molecule has 0 bridgehead atoms. The number of hydrogen-bond donors (Lipinski definition) is 1. The SMILES string of the molecule is CC(C)C(C)(C)C(C)C.CC(C)C1(C(C)C)CC1.CC(C)C1(C(C)C)CC=CC1.CC(C)C1(C(C)C)CCC1.CC(C)C1(C(C)C)CCCC1.CC(C)C1(C(C)C)CCCNC1.CC(C)C1(C(C)C)CCN(C)C1.CC(C)C1(C(C)C)COCOC1. The van der Waals surface area contributed by atoms with Gasteiger partial charge in [0.2, 0.25) is 0 Å². The molecule has 0 aromatic carbocycles. The first-order valence-electron chi connectivity index (χ1n) is 37.6. The lowest BCUT2D eigenvalue weighted by atomic mass is 9.56. The highest BCUT2D eigenvalue weighted by molar-refractivity contribution is 5.05. The van der Waals surface area contributed by atoms with Crippen LogP contribution in [0.1, 0.15) is 325 Å². The molecule has 0 atom stereocenters. The van der Waals surface area contributed by atoms with Crippen LogP contribution in [0.4, 0.5) is 0 Å². The van der Waals surface area contributed by atoms with Gasteiger partial charge in [-0.2, -0.15) is 0 Å². The van der Waals surface area contributed by atoms with Gasteiger partial charge in [-0.05, 0) is 223 Å². The maximum Gasteiger partial charge on any atom is 0.146 e. The van der Waals surface area contributed by atoms with Crippen LogP contribution in [0.2, 0.25) is 0 Å². The molecule has 3 heterocycles. The summed E-state index contributed by atoms with van der Waals surface area (Å²) in [5.74, 6) is 13.1. The van der Waals surface area contributed by atoms with E-state index < -0.39 is 0 Å². The van der Waals surface area contributed by atoms with E-state index in [4.69, 9.17) is 9.47 Å². The Morgan fingerprint density at radius 2 is 0.628 bits per heavy atom. The molecule has 4 nitrogen and oxygen atoms in total. The van der Waals surface area contributed by atoms with Crippen molar-refractivity contribution in [2.45, 2.75) is 325 Å². The van der Waals surface area contributed by atoms with Crippen molar-refractivity contribution >= 4 is 0 Å². The van der Waals surface area contributed by atoms with Gasteiger partial charge in [-0.1, -0.05) is 267 Å². The molecule has 0 radical (unpaired) electrons. The minimum Gasteiger partial charge on any atom is -0.355 e. The summed E-state index contributed by atoms with van der Waals surface area (Å²) in [4.78, 5) is 2.47. The van der Waals surface area contributed by atoms with Crippen molar-refractivity contribution in [1.82, 2.24) is 10.2 Å². The van der Waals surface area contributed by atoms with Crippen molar-refractivity contribution < 1.29 is 9.47 Å². The average molecular weight is 1210 g/mol. The predicted molar refractivity (Wildman–Crippen MR) is 389 cm³/mol. The summed E-state index contributed by atoms with van der Waals surface area (Å²) in [7, 11) is 2.24. The number of piperidine rings is 1. The molecule has 516 valence electrons. The second kappa shape index (κ2) is 38.1. The van der Waals surface area contributed by atoms with Gasteiger partial charge >= 0.3 is 0 Å². The molecule has 0 unspecified atom stereocenters. The van der Waals surface area contributed by atoms with E-state index in [1.807, 2.05) is 0 Å². The monoisotopic (exact) mass is 1210 g/mol. The third kappa shape index (κ3) is 23.0. The molecule has 0 spiro atoms. The molecule has 1 N–H and O–H groups in total. The number of nitrogens with one attached hydrogen (secondary N) is 1. The van der Waals surface area contributed by atoms with Crippen molar-refractivity contribution in [3.8, 4) is 0 Å². The summed E-state index contributed by atoms with van der Waals surface area (Å²) in [5.41, 5.74) is 4.64. The van der Waals surface area contributed by atoms with Crippen molar-refractivity contribution in [3.63, 3.8) is 0 Å². The van der Waals surface area contributed by atoms with Gasteiger partial charge in [0.25, 0.3) is 0 Å².